The average molecular weight is 438 g/mol. The second-order valence-electron chi connectivity index (χ2n) is 8.04. The lowest BCUT2D eigenvalue weighted by molar-refractivity contribution is 0.477. The van der Waals surface area contributed by atoms with Crippen LogP contribution in [-0.2, 0) is 0 Å². The maximum atomic E-state index is 9.17. The summed E-state index contributed by atoms with van der Waals surface area (Å²) in [7, 11) is 0. The zero-order chi connectivity index (χ0) is 22.9. The van der Waals surface area contributed by atoms with E-state index in [2.05, 4.69) is 64.5 Å². The second-order valence-corrected chi connectivity index (χ2v) is 8.04. The molecule has 4 nitrogen and oxygen atoms in total. The van der Waals surface area contributed by atoms with Gasteiger partial charge in [0.2, 0.25) is 0 Å². The van der Waals surface area contributed by atoms with Crippen molar-refractivity contribution in [3.63, 3.8) is 0 Å². The van der Waals surface area contributed by atoms with E-state index in [-0.39, 0.29) is 0 Å². The summed E-state index contributed by atoms with van der Waals surface area (Å²) >= 11 is 0. The predicted molar refractivity (Wildman–Crippen MR) is 135 cm³/mol. The van der Waals surface area contributed by atoms with Gasteiger partial charge in [-0.15, -0.1) is 0 Å². The van der Waals surface area contributed by atoms with Crippen molar-refractivity contribution in [1.29, 1.82) is 5.26 Å². The highest BCUT2D eigenvalue weighted by Crippen LogP contribution is 2.50. The maximum Gasteiger partial charge on any atom is 0.151 e. The monoisotopic (exact) mass is 437 g/mol. The van der Waals surface area contributed by atoms with Crippen molar-refractivity contribution in [2.45, 2.75) is 0 Å². The van der Waals surface area contributed by atoms with E-state index in [9.17, 15) is 0 Å². The van der Waals surface area contributed by atoms with Crippen LogP contribution in [0.5, 0.6) is 11.5 Å². The zero-order valence-electron chi connectivity index (χ0n) is 18.2. The molecule has 0 unspecified atom stereocenters. The zero-order valence-corrected chi connectivity index (χ0v) is 18.2. The molecular weight excluding hydrogens is 418 g/mol. The van der Waals surface area contributed by atoms with Crippen LogP contribution >= 0.6 is 0 Å². The number of nitriles is 1. The first kappa shape index (κ1) is 19.8. The SMILES string of the molecule is N#Cc1ccnc(-c2ccc(-c3cccc(N4c5ccccc5Oc5ccccc54)c3)cc2)c1. The van der Waals surface area contributed by atoms with Gasteiger partial charge in [-0.2, -0.15) is 5.26 Å². The third-order valence-electron chi connectivity index (χ3n) is 5.94. The molecule has 0 saturated heterocycles. The van der Waals surface area contributed by atoms with E-state index in [4.69, 9.17) is 10.00 Å². The lowest BCUT2D eigenvalue weighted by atomic mass is 10.0. The number of fused-ring (bicyclic) bond motifs is 2. The van der Waals surface area contributed by atoms with Gasteiger partial charge in [0.05, 0.1) is 28.7 Å². The van der Waals surface area contributed by atoms with E-state index in [1.54, 1.807) is 12.3 Å². The van der Waals surface area contributed by atoms with E-state index >= 15 is 0 Å². The Morgan fingerprint density at radius 3 is 2.03 bits per heavy atom. The van der Waals surface area contributed by atoms with Crippen molar-refractivity contribution in [2.24, 2.45) is 0 Å². The molecule has 6 rings (SSSR count). The van der Waals surface area contributed by atoms with Gasteiger partial charge < -0.3 is 9.64 Å². The van der Waals surface area contributed by atoms with Crippen LogP contribution in [0.15, 0.2) is 115 Å². The fraction of sp³-hybridized carbons (Fsp3) is 0. The number of hydrogen-bond donors (Lipinski definition) is 0. The molecule has 4 aromatic carbocycles. The number of rotatable bonds is 3. The molecule has 0 fully saturated rings. The Kier molecular flexibility index (Phi) is 4.79. The largest absolute Gasteiger partial charge is 0.453 e. The normalized spacial score (nSPS) is 11.7. The predicted octanol–water partition coefficient (Wildman–Crippen LogP) is 7.86. The first-order chi connectivity index (χ1) is 16.8. The lowest BCUT2D eigenvalue weighted by Gasteiger charge is -2.33. The van der Waals surface area contributed by atoms with Gasteiger partial charge in [0.1, 0.15) is 0 Å². The van der Waals surface area contributed by atoms with Gasteiger partial charge in [0, 0.05) is 17.4 Å². The number of pyridine rings is 1. The lowest BCUT2D eigenvalue weighted by Crippen LogP contribution is -2.15. The Bertz CT molecular complexity index is 1500. The van der Waals surface area contributed by atoms with Crippen molar-refractivity contribution >= 4 is 17.1 Å². The van der Waals surface area contributed by atoms with Gasteiger partial charge in [0.25, 0.3) is 0 Å². The van der Waals surface area contributed by atoms with Gasteiger partial charge in [-0.1, -0.05) is 60.7 Å². The summed E-state index contributed by atoms with van der Waals surface area (Å²) in [4.78, 5) is 6.65. The van der Waals surface area contributed by atoms with Gasteiger partial charge in [0.15, 0.2) is 11.5 Å². The van der Waals surface area contributed by atoms with E-state index < -0.39 is 0 Å². The van der Waals surface area contributed by atoms with Crippen LogP contribution in [0.4, 0.5) is 17.1 Å². The molecule has 34 heavy (non-hydrogen) atoms. The molecule has 0 aliphatic carbocycles. The third-order valence-corrected chi connectivity index (χ3v) is 5.94. The van der Waals surface area contributed by atoms with Crippen molar-refractivity contribution < 1.29 is 4.74 Å². The first-order valence-electron chi connectivity index (χ1n) is 11.0. The van der Waals surface area contributed by atoms with Crippen LogP contribution in [0.25, 0.3) is 22.4 Å². The van der Waals surface area contributed by atoms with Crippen LogP contribution in [-0.4, -0.2) is 4.98 Å². The van der Waals surface area contributed by atoms with Gasteiger partial charge in [-0.05, 0) is 59.7 Å². The Labute approximate surface area is 198 Å². The van der Waals surface area contributed by atoms with Crippen LogP contribution < -0.4 is 9.64 Å². The number of nitrogens with zero attached hydrogens (tertiary/aromatic N) is 3. The molecule has 0 N–H and O–H groups in total. The Balaban J connectivity index is 1.39. The van der Waals surface area contributed by atoms with Crippen LogP contribution in [0.1, 0.15) is 5.56 Å². The summed E-state index contributed by atoms with van der Waals surface area (Å²) < 4.78 is 6.15. The molecule has 1 aromatic heterocycles. The number of anilines is 3. The molecule has 4 heteroatoms. The van der Waals surface area contributed by atoms with Gasteiger partial charge in [-0.3, -0.25) is 4.98 Å². The van der Waals surface area contributed by atoms with Crippen molar-refractivity contribution in [3.8, 4) is 40.0 Å². The molecule has 1 aliphatic heterocycles. The molecule has 0 atom stereocenters. The number of hydrogen-bond acceptors (Lipinski definition) is 4. The smallest absolute Gasteiger partial charge is 0.151 e. The summed E-state index contributed by atoms with van der Waals surface area (Å²) in [5.74, 6) is 1.67. The first-order valence-corrected chi connectivity index (χ1v) is 11.0. The molecule has 0 saturated carbocycles. The molecule has 2 heterocycles. The maximum absolute atomic E-state index is 9.17. The average Bonchev–Trinajstić information content (AvgIpc) is 2.92. The highest BCUT2D eigenvalue weighted by atomic mass is 16.5. The van der Waals surface area contributed by atoms with Crippen LogP contribution in [0.3, 0.4) is 0 Å². The summed E-state index contributed by atoms with van der Waals surface area (Å²) in [6, 6.07) is 38.7. The van der Waals surface area contributed by atoms with Crippen LogP contribution in [0.2, 0.25) is 0 Å². The fourth-order valence-corrected chi connectivity index (χ4v) is 4.30. The van der Waals surface area contributed by atoms with E-state index in [1.807, 2.05) is 54.6 Å². The number of benzene rings is 4. The minimum atomic E-state index is 0.604. The number of para-hydroxylation sites is 4. The van der Waals surface area contributed by atoms with E-state index in [0.717, 1.165) is 50.9 Å². The quantitative estimate of drug-likeness (QED) is 0.283. The van der Waals surface area contributed by atoms with Gasteiger partial charge >= 0.3 is 0 Å². The molecule has 0 spiro atoms. The summed E-state index contributed by atoms with van der Waals surface area (Å²) in [5.41, 5.74) is 7.69. The highest BCUT2D eigenvalue weighted by Gasteiger charge is 2.25. The standard InChI is InChI=1S/C30H19N3O/c31-20-21-16-17-32-26(18-21)23-14-12-22(13-15-23)24-6-5-7-25(19-24)33-27-8-1-3-10-29(27)34-30-11-4-2-9-28(30)33/h1-19H. The molecule has 0 radical (unpaired) electrons. The fourth-order valence-electron chi connectivity index (χ4n) is 4.30. The minimum absolute atomic E-state index is 0.604. The molecule has 5 aromatic rings. The summed E-state index contributed by atoms with van der Waals surface area (Å²) in [5, 5.41) is 9.17. The summed E-state index contributed by atoms with van der Waals surface area (Å²) in [6.07, 6.45) is 1.67. The van der Waals surface area contributed by atoms with Crippen molar-refractivity contribution in [1.82, 2.24) is 4.98 Å². The number of aromatic nitrogens is 1. The summed E-state index contributed by atoms with van der Waals surface area (Å²) in [6.45, 7) is 0. The molecule has 0 bridgehead atoms. The molecule has 0 amide bonds. The van der Waals surface area contributed by atoms with Crippen molar-refractivity contribution in [3.05, 3.63) is 121 Å². The topological polar surface area (TPSA) is 49.2 Å². The molecular formula is C30H19N3O. The van der Waals surface area contributed by atoms with Crippen molar-refractivity contribution in [2.75, 3.05) is 4.90 Å². The van der Waals surface area contributed by atoms with E-state index in [1.165, 1.54) is 0 Å². The minimum Gasteiger partial charge on any atom is -0.453 e. The van der Waals surface area contributed by atoms with Gasteiger partial charge in [-0.25, -0.2) is 0 Å². The Morgan fingerprint density at radius 1 is 0.647 bits per heavy atom. The second kappa shape index (κ2) is 8.23. The number of ether oxygens (including phenoxy) is 1. The molecule has 1 aliphatic rings. The third kappa shape index (κ3) is 3.46. The van der Waals surface area contributed by atoms with Crippen LogP contribution in [0, 0.1) is 11.3 Å². The van der Waals surface area contributed by atoms with E-state index in [0.29, 0.717) is 5.56 Å². The highest BCUT2D eigenvalue weighted by molar-refractivity contribution is 5.87. The molecule has 160 valence electrons. The Hall–Kier alpha value is -4.88. The Morgan fingerprint density at radius 2 is 1.32 bits per heavy atom.